The largest absolute Gasteiger partial charge is 0.324 e. The van der Waals surface area contributed by atoms with E-state index in [4.69, 9.17) is 0 Å². The maximum Gasteiger partial charge on any atom is 0.244 e. The Morgan fingerprint density at radius 3 is 2.33 bits per heavy atom. The molecular weight excluding hydrogens is 396 g/mol. The first-order chi connectivity index (χ1) is 14.4. The van der Waals surface area contributed by atoms with Crippen molar-refractivity contribution in [2.75, 3.05) is 5.32 Å². The van der Waals surface area contributed by atoms with Gasteiger partial charge in [0.2, 0.25) is 15.9 Å². The van der Waals surface area contributed by atoms with Gasteiger partial charge in [-0.05, 0) is 60.7 Å². The first-order valence-electron chi connectivity index (χ1n) is 9.88. The summed E-state index contributed by atoms with van der Waals surface area (Å²) in [6.45, 7) is 4.04. The Morgan fingerprint density at radius 1 is 0.933 bits per heavy atom. The quantitative estimate of drug-likeness (QED) is 0.692. The molecule has 1 N–H and O–H groups in total. The molecule has 3 aromatic carbocycles. The molecule has 5 nitrogen and oxygen atoms in total. The van der Waals surface area contributed by atoms with Crippen molar-refractivity contribution in [1.29, 1.82) is 0 Å². The summed E-state index contributed by atoms with van der Waals surface area (Å²) in [5, 5.41) is 2.96. The molecule has 1 amide bonds. The van der Waals surface area contributed by atoms with Gasteiger partial charge in [-0.15, -0.1) is 0 Å². The molecule has 0 bridgehead atoms. The van der Waals surface area contributed by atoms with Crippen LogP contribution in [0.3, 0.4) is 0 Å². The highest BCUT2D eigenvalue weighted by Crippen LogP contribution is 2.30. The molecule has 0 spiro atoms. The van der Waals surface area contributed by atoms with Crippen molar-refractivity contribution in [2.45, 2.75) is 37.8 Å². The van der Waals surface area contributed by atoms with E-state index in [1.807, 2.05) is 56.3 Å². The lowest BCUT2D eigenvalue weighted by Gasteiger charge is -2.35. The first kappa shape index (κ1) is 20.3. The summed E-state index contributed by atoms with van der Waals surface area (Å²) in [5.74, 6) is -0.322. The minimum Gasteiger partial charge on any atom is -0.324 e. The van der Waals surface area contributed by atoms with E-state index < -0.39 is 16.1 Å². The lowest BCUT2D eigenvalue weighted by molar-refractivity contribution is -0.120. The van der Waals surface area contributed by atoms with Gasteiger partial charge in [-0.3, -0.25) is 4.79 Å². The number of carbonyl (C=O) groups is 1. The molecular formula is C24H24N2O3S. The third-order valence-corrected chi connectivity index (χ3v) is 7.38. The number of sulfonamides is 1. The summed E-state index contributed by atoms with van der Waals surface area (Å²) in [4.78, 5) is 13.5. The minimum absolute atomic E-state index is 0.165. The molecule has 1 atom stereocenters. The number of carbonyl (C=O) groups excluding carboxylic acids is 1. The molecule has 1 aliphatic rings. The van der Waals surface area contributed by atoms with Crippen molar-refractivity contribution in [2.24, 2.45) is 0 Å². The molecule has 4 rings (SSSR count). The maximum absolute atomic E-state index is 13.4. The van der Waals surface area contributed by atoms with E-state index in [0.29, 0.717) is 12.1 Å². The smallest absolute Gasteiger partial charge is 0.244 e. The fraction of sp³-hybridized carbons (Fsp3) is 0.208. The summed E-state index contributed by atoms with van der Waals surface area (Å²) in [6, 6.07) is 21.0. The average molecular weight is 421 g/mol. The van der Waals surface area contributed by atoms with Crippen LogP contribution in [0.2, 0.25) is 0 Å². The molecule has 1 heterocycles. The van der Waals surface area contributed by atoms with Crippen LogP contribution in [0.4, 0.5) is 5.69 Å². The normalized spacial score (nSPS) is 16.7. The topological polar surface area (TPSA) is 66.5 Å². The van der Waals surface area contributed by atoms with Crippen LogP contribution in [0.5, 0.6) is 0 Å². The second-order valence-electron chi connectivity index (χ2n) is 7.66. The van der Waals surface area contributed by atoms with Gasteiger partial charge in [0.15, 0.2) is 0 Å². The number of fused-ring (bicyclic) bond motifs is 1. The summed E-state index contributed by atoms with van der Waals surface area (Å²) in [5.41, 5.74) is 4.59. The molecule has 0 unspecified atom stereocenters. The van der Waals surface area contributed by atoms with Gasteiger partial charge < -0.3 is 5.32 Å². The van der Waals surface area contributed by atoms with Crippen LogP contribution >= 0.6 is 0 Å². The van der Waals surface area contributed by atoms with Crippen LogP contribution in [0, 0.1) is 13.8 Å². The Labute approximate surface area is 177 Å². The second kappa shape index (κ2) is 8.05. The molecule has 0 aromatic heterocycles. The van der Waals surface area contributed by atoms with Crippen molar-refractivity contribution < 1.29 is 13.2 Å². The number of aryl methyl sites for hydroxylation is 2. The molecule has 1 aliphatic heterocycles. The van der Waals surface area contributed by atoms with Crippen molar-refractivity contribution in [1.82, 2.24) is 4.31 Å². The second-order valence-corrected chi connectivity index (χ2v) is 9.55. The lowest BCUT2D eigenvalue weighted by Crippen LogP contribution is -2.50. The van der Waals surface area contributed by atoms with Crippen LogP contribution in [0.25, 0.3) is 0 Å². The van der Waals surface area contributed by atoms with E-state index in [1.165, 1.54) is 4.31 Å². The number of nitrogens with one attached hydrogen (secondary N) is 1. The highest BCUT2D eigenvalue weighted by atomic mass is 32.2. The maximum atomic E-state index is 13.4. The molecule has 0 fully saturated rings. The zero-order chi connectivity index (χ0) is 21.3. The number of anilines is 1. The van der Waals surface area contributed by atoms with Crippen LogP contribution < -0.4 is 5.32 Å². The Balaban J connectivity index is 1.73. The fourth-order valence-electron chi connectivity index (χ4n) is 3.79. The number of hydrogen-bond acceptors (Lipinski definition) is 3. The van der Waals surface area contributed by atoms with E-state index in [-0.39, 0.29) is 17.3 Å². The number of rotatable bonds is 4. The van der Waals surface area contributed by atoms with E-state index >= 15 is 0 Å². The van der Waals surface area contributed by atoms with Gasteiger partial charge in [-0.2, -0.15) is 4.31 Å². The lowest BCUT2D eigenvalue weighted by atomic mass is 9.95. The van der Waals surface area contributed by atoms with Crippen molar-refractivity contribution >= 4 is 21.6 Å². The van der Waals surface area contributed by atoms with E-state index in [1.54, 1.807) is 30.3 Å². The summed E-state index contributed by atoms with van der Waals surface area (Å²) >= 11 is 0. The number of hydrogen-bond donors (Lipinski definition) is 1. The standard InChI is InChI=1S/C24H24N2O3S/c1-17-12-13-18(2)22(14-17)25-24(27)23-15-19-8-6-7-9-20(19)16-26(23)30(28,29)21-10-4-3-5-11-21/h3-14,23H,15-16H2,1-2H3,(H,25,27)/t23-/m1/s1. The summed E-state index contributed by atoms with van der Waals surface area (Å²) in [6.07, 6.45) is 0.332. The molecule has 0 saturated carbocycles. The molecule has 0 aliphatic carbocycles. The highest BCUT2D eigenvalue weighted by molar-refractivity contribution is 7.89. The molecule has 0 radical (unpaired) electrons. The van der Waals surface area contributed by atoms with Gasteiger partial charge in [0.1, 0.15) is 6.04 Å². The third kappa shape index (κ3) is 3.88. The average Bonchev–Trinajstić information content (AvgIpc) is 2.76. The minimum atomic E-state index is -3.84. The molecule has 3 aromatic rings. The van der Waals surface area contributed by atoms with Gasteiger partial charge in [-0.25, -0.2) is 8.42 Å². The summed E-state index contributed by atoms with van der Waals surface area (Å²) in [7, 11) is -3.84. The van der Waals surface area contributed by atoms with Crippen molar-refractivity contribution in [3.8, 4) is 0 Å². The molecule has 154 valence electrons. The molecule has 30 heavy (non-hydrogen) atoms. The monoisotopic (exact) mass is 420 g/mol. The summed E-state index contributed by atoms with van der Waals surface area (Å²) < 4.78 is 28.2. The first-order valence-corrected chi connectivity index (χ1v) is 11.3. The van der Waals surface area contributed by atoms with Crippen LogP contribution in [0.1, 0.15) is 22.3 Å². The van der Waals surface area contributed by atoms with Gasteiger partial charge in [0, 0.05) is 12.2 Å². The van der Waals surface area contributed by atoms with Crippen molar-refractivity contribution in [3.05, 3.63) is 95.1 Å². The van der Waals surface area contributed by atoms with Crippen LogP contribution in [-0.2, 0) is 27.8 Å². The number of benzene rings is 3. The zero-order valence-electron chi connectivity index (χ0n) is 17.0. The SMILES string of the molecule is Cc1ccc(C)c(NC(=O)[C@H]2Cc3ccccc3CN2S(=O)(=O)c2ccccc2)c1. The van der Waals surface area contributed by atoms with Crippen molar-refractivity contribution in [3.63, 3.8) is 0 Å². The Bertz CT molecular complexity index is 1190. The third-order valence-electron chi connectivity index (χ3n) is 5.51. The fourth-order valence-corrected chi connectivity index (χ4v) is 5.38. The van der Waals surface area contributed by atoms with Gasteiger partial charge >= 0.3 is 0 Å². The van der Waals surface area contributed by atoms with Gasteiger partial charge in [0.25, 0.3) is 0 Å². The van der Waals surface area contributed by atoms with Gasteiger partial charge in [-0.1, -0.05) is 54.6 Å². The Hall–Kier alpha value is -2.96. The number of amides is 1. The predicted octanol–water partition coefficient (Wildman–Crippen LogP) is 4.06. The van der Waals surface area contributed by atoms with Crippen LogP contribution in [0.15, 0.2) is 77.7 Å². The molecule has 0 saturated heterocycles. The predicted molar refractivity (Wildman–Crippen MR) is 118 cm³/mol. The Kier molecular flexibility index (Phi) is 5.45. The van der Waals surface area contributed by atoms with E-state index in [0.717, 1.165) is 22.3 Å². The number of nitrogens with zero attached hydrogens (tertiary/aromatic N) is 1. The van der Waals surface area contributed by atoms with E-state index in [9.17, 15) is 13.2 Å². The zero-order valence-corrected chi connectivity index (χ0v) is 17.8. The van der Waals surface area contributed by atoms with Gasteiger partial charge in [0.05, 0.1) is 4.90 Å². The Morgan fingerprint density at radius 2 is 1.60 bits per heavy atom. The van der Waals surface area contributed by atoms with Crippen LogP contribution in [-0.4, -0.2) is 24.7 Å². The van der Waals surface area contributed by atoms with E-state index in [2.05, 4.69) is 5.32 Å². The molecule has 6 heteroatoms. The highest BCUT2D eigenvalue weighted by Gasteiger charge is 2.39.